The molecule has 138 valence electrons. The third-order valence-electron chi connectivity index (χ3n) is 4.82. The van der Waals surface area contributed by atoms with E-state index in [1.807, 2.05) is 36.1 Å². The maximum absolute atomic E-state index is 12.6. The zero-order chi connectivity index (χ0) is 18.5. The monoisotopic (exact) mass is 355 g/mol. The van der Waals surface area contributed by atoms with Crippen molar-refractivity contribution >= 4 is 28.5 Å². The molecule has 0 aliphatic carbocycles. The highest BCUT2D eigenvalue weighted by Crippen LogP contribution is 2.22. The van der Waals surface area contributed by atoms with E-state index in [0.29, 0.717) is 17.5 Å². The first-order valence-corrected chi connectivity index (χ1v) is 9.30. The van der Waals surface area contributed by atoms with Crippen molar-refractivity contribution in [3.05, 3.63) is 36.0 Å². The van der Waals surface area contributed by atoms with Crippen molar-refractivity contribution in [3.63, 3.8) is 0 Å². The summed E-state index contributed by atoms with van der Waals surface area (Å²) in [6.07, 6.45) is 5.51. The largest absolute Gasteiger partial charge is 0.349 e. The average molecular weight is 355 g/mol. The summed E-state index contributed by atoms with van der Waals surface area (Å²) in [5.74, 6) is -1.09. The zero-order valence-corrected chi connectivity index (χ0v) is 15.2. The molecule has 1 saturated heterocycles. The van der Waals surface area contributed by atoms with Gasteiger partial charge in [-0.1, -0.05) is 31.5 Å². The van der Waals surface area contributed by atoms with Crippen molar-refractivity contribution in [2.45, 2.75) is 39.2 Å². The number of ketones is 1. The Hall–Kier alpha value is -2.63. The molecule has 1 aliphatic rings. The molecule has 0 atom stereocenters. The van der Waals surface area contributed by atoms with Crippen LogP contribution in [0.3, 0.4) is 0 Å². The van der Waals surface area contributed by atoms with Crippen LogP contribution in [0, 0.1) is 0 Å². The smallest absolute Gasteiger partial charge is 0.292 e. The minimum absolute atomic E-state index is 0.0506. The van der Waals surface area contributed by atoms with Gasteiger partial charge in [-0.25, -0.2) is 0 Å². The number of benzene rings is 1. The Labute approximate surface area is 153 Å². The number of fused-ring (bicyclic) bond motifs is 1. The van der Waals surface area contributed by atoms with Gasteiger partial charge in [0.15, 0.2) is 0 Å². The summed E-state index contributed by atoms with van der Waals surface area (Å²) in [5.41, 5.74) is 1.15. The van der Waals surface area contributed by atoms with E-state index in [1.54, 1.807) is 10.8 Å². The van der Waals surface area contributed by atoms with Crippen LogP contribution in [-0.2, 0) is 16.1 Å². The highest BCUT2D eigenvalue weighted by Gasteiger charge is 2.23. The Balaban J connectivity index is 1.83. The lowest BCUT2D eigenvalue weighted by atomic mass is 10.1. The summed E-state index contributed by atoms with van der Waals surface area (Å²) in [6, 6.07) is 7.40. The second-order valence-electron chi connectivity index (χ2n) is 6.71. The summed E-state index contributed by atoms with van der Waals surface area (Å²) >= 11 is 0. The Morgan fingerprint density at radius 1 is 1.12 bits per heavy atom. The fourth-order valence-electron chi connectivity index (χ4n) is 3.35. The second kappa shape index (κ2) is 8.17. The van der Waals surface area contributed by atoms with Crippen molar-refractivity contribution < 1.29 is 14.4 Å². The predicted molar refractivity (Wildman–Crippen MR) is 100 cm³/mol. The first-order valence-electron chi connectivity index (χ1n) is 9.30. The maximum atomic E-state index is 12.6. The Morgan fingerprint density at radius 2 is 1.85 bits per heavy atom. The molecule has 2 aromatic rings. The Bertz CT molecular complexity index is 819. The fourth-order valence-corrected chi connectivity index (χ4v) is 3.35. The van der Waals surface area contributed by atoms with Crippen molar-refractivity contribution in [1.29, 1.82) is 0 Å². The summed E-state index contributed by atoms with van der Waals surface area (Å²) < 4.78 is 1.78. The van der Waals surface area contributed by atoms with Crippen LogP contribution >= 0.6 is 0 Å². The average Bonchev–Trinajstić information content (AvgIpc) is 3.30. The van der Waals surface area contributed by atoms with E-state index in [-0.39, 0.29) is 12.5 Å². The predicted octanol–water partition coefficient (Wildman–Crippen LogP) is 2.36. The molecule has 0 unspecified atom stereocenters. The third kappa shape index (κ3) is 3.79. The van der Waals surface area contributed by atoms with Crippen LogP contribution in [0.25, 0.3) is 10.9 Å². The molecule has 0 spiro atoms. The van der Waals surface area contributed by atoms with Gasteiger partial charge in [-0.3, -0.25) is 14.4 Å². The van der Waals surface area contributed by atoms with E-state index >= 15 is 0 Å². The number of aromatic nitrogens is 1. The van der Waals surface area contributed by atoms with E-state index in [4.69, 9.17) is 0 Å². The molecule has 2 amide bonds. The number of hydrogen-bond acceptors (Lipinski definition) is 3. The molecular weight excluding hydrogens is 330 g/mol. The summed E-state index contributed by atoms with van der Waals surface area (Å²) in [7, 11) is 0. The van der Waals surface area contributed by atoms with Crippen molar-refractivity contribution in [3.8, 4) is 0 Å². The molecule has 1 aliphatic heterocycles. The molecule has 3 rings (SSSR count). The van der Waals surface area contributed by atoms with Crippen LogP contribution in [0.15, 0.2) is 30.5 Å². The maximum Gasteiger partial charge on any atom is 0.292 e. The van der Waals surface area contributed by atoms with Gasteiger partial charge in [-0.15, -0.1) is 0 Å². The van der Waals surface area contributed by atoms with Gasteiger partial charge in [-0.2, -0.15) is 0 Å². The summed E-state index contributed by atoms with van der Waals surface area (Å²) in [6.45, 7) is 4.30. The summed E-state index contributed by atoms with van der Waals surface area (Å²) in [5, 5.41) is 3.37. The number of likely N-dealkylation sites (tertiary alicyclic amines) is 1. The van der Waals surface area contributed by atoms with E-state index in [2.05, 4.69) is 5.32 Å². The van der Waals surface area contributed by atoms with Crippen molar-refractivity contribution in [1.82, 2.24) is 14.8 Å². The molecular formula is C20H25N3O3. The second-order valence-corrected chi connectivity index (χ2v) is 6.71. The Morgan fingerprint density at radius 3 is 2.58 bits per heavy atom. The van der Waals surface area contributed by atoms with Crippen LogP contribution in [0.1, 0.15) is 43.0 Å². The number of unbranched alkanes of at least 4 members (excludes halogenated alkanes) is 1. The lowest BCUT2D eigenvalue weighted by Crippen LogP contribution is -2.32. The van der Waals surface area contributed by atoms with Gasteiger partial charge in [0.05, 0.1) is 5.56 Å². The molecule has 6 nitrogen and oxygen atoms in total. The van der Waals surface area contributed by atoms with Gasteiger partial charge in [-0.05, 0) is 25.3 Å². The number of rotatable bonds is 7. The summed E-state index contributed by atoms with van der Waals surface area (Å²) in [4.78, 5) is 39.1. The van der Waals surface area contributed by atoms with Gasteiger partial charge < -0.3 is 14.8 Å². The van der Waals surface area contributed by atoms with Gasteiger partial charge in [0, 0.05) is 36.7 Å². The lowest BCUT2D eigenvalue weighted by molar-refractivity contribution is -0.130. The molecule has 0 saturated carbocycles. The molecule has 1 aromatic heterocycles. The molecule has 0 radical (unpaired) electrons. The van der Waals surface area contributed by atoms with Crippen LogP contribution in [-0.4, -0.2) is 46.7 Å². The van der Waals surface area contributed by atoms with Gasteiger partial charge in [0.2, 0.25) is 5.91 Å². The van der Waals surface area contributed by atoms with Crippen molar-refractivity contribution in [2.75, 3.05) is 19.6 Å². The highest BCUT2D eigenvalue weighted by atomic mass is 16.2. The van der Waals surface area contributed by atoms with E-state index in [1.165, 1.54) is 0 Å². The molecule has 1 fully saturated rings. The molecule has 1 aromatic carbocycles. The van der Waals surface area contributed by atoms with Crippen LogP contribution in [0.2, 0.25) is 0 Å². The zero-order valence-electron chi connectivity index (χ0n) is 15.2. The third-order valence-corrected chi connectivity index (χ3v) is 4.82. The van der Waals surface area contributed by atoms with Gasteiger partial charge >= 0.3 is 0 Å². The molecule has 6 heteroatoms. The first kappa shape index (κ1) is 18.2. The SMILES string of the molecule is CCCCNC(=O)C(=O)c1cn(CC(=O)N2CCCC2)c2ccccc12. The minimum Gasteiger partial charge on any atom is -0.349 e. The molecule has 2 heterocycles. The van der Waals surface area contributed by atoms with Crippen LogP contribution < -0.4 is 5.32 Å². The van der Waals surface area contributed by atoms with Gasteiger partial charge in [0.25, 0.3) is 11.7 Å². The number of carbonyl (C=O) groups excluding carboxylic acids is 3. The fraction of sp³-hybridized carbons (Fsp3) is 0.450. The number of nitrogens with one attached hydrogen (secondary N) is 1. The standard InChI is InChI=1S/C20H25N3O3/c1-2-3-10-21-20(26)19(25)16-13-23(17-9-5-4-8-15(16)17)14-18(24)22-11-6-7-12-22/h4-5,8-9,13H,2-3,6-7,10-12,14H2,1H3,(H,21,26). The molecule has 1 N–H and O–H groups in total. The number of hydrogen-bond donors (Lipinski definition) is 1. The lowest BCUT2D eigenvalue weighted by Gasteiger charge is -2.15. The number of carbonyl (C=O) groups is 3. The van der Waals surface area contributed by atoms with E-state index in [9.17, 15) is 14.4 Å². The number of para-hydroxylation sites is 1. The number of amides is 2. The topological polar surface area (TPSA) is 71.4 Å². The number of nitrogens with zero attached hydrogens (tertiary/aromatic N) is 2. The highest BCUT2D eigenvalue weighted by molar-refractivity contribution is 6.45. The Kier molecular flexibility index (Phi) is 5.71. The number of Topliss-reactive ketones (excluding diaryl/α,β-unsaturated/α-hetero) is 1. The normalized spacial score (nSPS) is 14.0. The van der Waals surface area contributed by atoms with E-state index < -0.39 is 11.7 Å². The van der Waals surface area contributed by atoms with E-state index in [0.717, 1.165) is 44.3 Å². The first-order chi connectivity index (χ1) is 12.6. The molecule has 26 heavy (non-hydrogen) atoms. The van der Waals surface area contributed by atoms with Crippen LogP contribution in [0.5, 0.6) is 0 Å². The molecule has 0 bridgehead atoms. The van der Waals surface area contributed by atoms with Crippen LogP contribution in [0.4, 0.5) is 0 Å². The van der Waals surface area contributed by atoms with Gasteiger partial charge in [0.1, 0.15) is 6.54 Å². The minimum atomic E-state index is -0.591. The van der Waals surface area contributed by atoms with Crippen molar-refractivity contribution in [2.24, 2.45) is 0 Å². The quantitative estimate of drug-likeness (QED) is 0.471.